The fraction of sp³-hybridized carbons (Fsp3) is 0.562. The predicted octanol–water partition coefficient (Wildman–Crippen LogP) is 1.92. The molecular weight excluding hydrogens is 254 g/mol. The Morgan fingerprint density at radius 2 is 2.10 bits per heavy atom. The molecule has 20 heavy (non-hydrogen) atoms. The Labute approximate surface area is 120 Å². The molecule has 1 N–H and O–H groups in total. The minimum Gasteiger partial charge on any atom is -0.494 e. The standard InChI is InChI=1S/C16H23NO3/c1-3-20-15-5-4-13(10-12(15)2)11-16(19)17-8-6-14(18)7-9-17/h4-5,10,14,18H,3,6-9,11H2,1-2H3. The van der Waals surface area contributed by atoms with E-state index < -0.39 is 0 Å². The van der Waals surface area contributed by atoms with Gasteiger partial charge in [-0.3, -0.25) is 4.79 Å². The number of aryl methyl sites for hydroxylation is 1. The maximum Gasteiger partial charge on any atom is 0.226 e. The number of nitrogens with zero attached hydrogens (tertiary/aromatic N) is 1. The number of piperidine rings is 1. The monoisotopic (exact) mass is 277 g/mol. The predicted molar refractivity (Wildman–Crippen MR) is 77.9 cm³/mol. The maximum atomic E-state index is 12.2. The summed E-state index contributed by atoms with van der Waals surface area (Å²) in [6.45, 7) is 5.93. The number of aliphatic hydroxyl groups excluding tert-OH is 1. The molecule has 4 nitrogen and oxygen atoms in total. The van der Waals surface area contributed by atoms with Crippen LogP contribution in [0.5, 0.6) is 5.75 Å². The SMILES string of the molecule is CCOc1ccc(CC(=O)N2CCC(O)CC2)cc1C. The van der Waals surface area contributed by atoms with Crippen LogP contribution in [0.15, 0.2) is 18.2 Å². The van der Waals surface area contributed by atoms with Gasteiger partial charge in [-0.15, -0.1) is 0 Å². The molecule has 0 unspecified atom stereocenters. The summed E-state index contributed by atoms with van der Waals surface area (Å²) >= 11 is 0. The topological polar surface area (TPSA) is 49.8 Å². The summed E-state index contributed by atoms with van der Waals surface area (Å²) in [5.41, 5.74) is 2.08. The van der Waals surface area contributed by atoms with Crippen LogP contribution in [0.2, 0.25) is 0 Å². The molecule has 0 aliphatic carbocycles. The molecule has 0 atom stereocenters. The fourth-order valence-electron chi connectivity index (χ4n) is 2.54. The van der Waals surface area contributed by atoms with Crippen molar-refractivity contribution in [1.82, 2.24) is 4.90 Å². The number of likely N-dealkylation sites (tertiary alicyclic amines) is 1. The van der Waals surface area contributed by atoms with E-state index in [0.29, 0.717) is 39.0 Å². The van der Waals surface area contributed by atoms with E-state index in [1.54, 1.807) is 0 Å². The molecule has 1 fully saturated rings. The lowest BCUT2D eigenvalue weighted by Gasteiger charge is -2.29. The number of aliphatic hydroxyl groups is 1. The van der Waals surface area contributed by atoms with Gasteiger partial charge in [0.15, 0.2) is 0 Å². The van der Waals surface area contributed by atoms with E-state index >= 15 is 0 Å². The molecule has 0 bridgehead atoms. The van der Waals surface area contributed by atoms with Crippen molar-refractivity contribution in [2.45, 2.75) is 39.2 Å². The van der Waals surface area contributed by atoms with E-state index in [9.17, 15) is 9.90 Å². The zero-order chi connectivity index (χ0) is 14.5. The van der Waals surface area contributed by atoms with Gasteiger partial charge in [-0.25, -0.2) is 0 Å². The van der Waals surface area contributed by atoms with Crippen molar-refractivity contribution in [3.05, 3.63) is 29.3 Å². The summed E-state index contributed by atoms with van der Waals surface area (Å²) in [5.74, 6) is 1.02. The average Bonchev–Trinajstić information content (AvgIpc) is 2.42. The van der Waals surface area contributed by atoms with Gasteiger partial charge < -0.3 is 14.7 Å². The summed E-state index contributed by atoms with van der Waals surface area (Å²) in [6.07, 6.45) is 1.55. The van der Waals surface area contributed by atoms with Crippen LogP contribution in [0.25, 0.3) is 0 Å². The highest BCUT2D eigenvalue weighted by Crippen LogP contribution is 2.20. The number of ether oxygens (including phenoxy) is 1. The minimum atomic E-state index is -0.244. The Morgan fingerprint density at radius 3 is 2.70 bits per heavy atom. The van der Waals surface area contributed by atoms with Gasteiger partial charge in [0.25, 0.3) is 0 Å². The lowest BCUT2D eigenvalue weighted by Crippen LogP contribution is -2.40. The van der Waals surface area contributed by atoms with E-state index in [4.69, 9.17) is 4.74 Å². The van der Waals surface area contributed by atoms with Crippen LogP contribution in [-0.2, 0) is 11.2 Å². The first-order valence-electron chi connectivity index (χ1n) is 7.28. The number of benzene rings is 1. The second-order valence-corrected chi connectivity index (χ2v) is 5.32. The Balaban J connectivity index is 1.95. The van der Waals surface area contributed by atoms with Crippen LogP contribution in [0.3, 0.4) is 0 Å². The molecule has 1 heterocycles. The zero-order valence-electron chi connectivity index (χ0n) is 12.3. The van der Waals surface area contributed by atoms with Gasteiger partial charge in [0, 0.05) is 13.1 Å². The highest BCUT2D eigenvalue weighted by atomic mass is 16.5. The first-order valence-corrected chi connectivity index (χ1v) is 7.28. The Kier molecular flexibility index (Phi) is 5.01. The summed E-state index contributed by atoms with van der Waals surface area (Å²) in [5, 5.41) is 9.46. The third-order valence-corrected chi connectivity index (χ3v) is 3.71. The van der Waals surface area contributed by atoms with E-state index in [0.717, 1.165) is 16.9 Å². The molecule has 110 valence electrons. The van der Waals surface area contributed by atoms with Crippen LogP contribution in [0.1, 0.15) is 30.9 Å². The summed E-state index contributed by atoms with van der Waals surface area (Å²) in [6, 6.07) is 5.90. The van der Waals surface area contributed by atoms with Crippen molar-refractivity contribution in [1.29, 1.82) is 0 Å². The molecule has 0 saturated carbocycles. The van der Waals surface area contributed by atoms with Crippen LogP contribution >= 0.6 is 0 Å². The Bertz CT molecular complexity index is 465. The Morgan fingerprint density at radius 1 is 1.40 bits per heavy atom. The van der Waals surface area contributed by atoms with Crippen molar-refractivity contribution in [3.63, 3.8) is 0 Å². The lowest BCUT2D eigenvalue weighted by molar-refractivity contribution is -0.132. The molecule has 1 amide bonds. The number of hydrogen-bond donors (Lipinski definition) is 1. The number of carbonyl (C=O) groups excluding carboxylic acids is 1. The number of rotatable bonds is 4. The number of carbonyl (C=O) groups is 1. The summed E-state index contributed by atoms with van der Waals surface area (Å²) in [4.78, 5) is 14.1. The molecule has 2 rings (SSSR count). The molecular formula is C16H23NO3. The Hall–Kier alpha value is -1.55. The molecule has 1 saturated heterocycles. The van der Waals surface area contributed by atoms with Gasteiger partial charge in [-0.1, -0.05) is 12.1 Å². The van der Waals surface area contributed by atoms with Gasteiger partial charge in [0.1, 0.15) is 5.75 Å². The largest absolute Gasteiger partial charge is 0.494 e. The van der Waals surface area contributed by atoms with Crippen molar-refractivity contribution >= 4 is 5.91 Å². The smallest absolute Gasteiger partial charge is 0.226 e. The molecule has 0 spiro atoms. The molecule has 0 radical (unpaired) electrons. The normalized spacial score (nSPS) is 16.2. The quantitative estimate of drug-likeness (QED) is 0.914. The van der Waals surface area contributed by atoms with E-state index in [1.165, 1.54) is 0 Å². The maximum absolute atomic E-state index is 12.2. The van der Waals surface area contributed by atoms with Crippen molar-refractivity contribution in [2.24, 2.45) is 0 Å². The van der Waals surface area contributed by atoms with E-state index in [1.807, 2.05) is 36.9 Å². The molecule has 4 heteroatoms. The lowest BCUT2D eigenvalue weighted by atomic mass is 10.0. The van der Waals surface area contributed by atoms with Gasteiger partial charge >= 0.3 is 0 Å². The molecule has 0 aromatic heterocycles. The third-order valence-electron chi connectivity index (χ3n) is 3.71. The van der Waals surface area contributed by atoms with Crippen LogP contribution in [0.4, 0.5) is 0 Å². The molecule has 1 aliphatic rings. The summed E-state index contributed by atoms with van der Waals surface area (Å²) < 4.78 is 5.50. The van der Waals surface area contributed by atoms with Gasteiger partial charge in [0.05, 0.1) is 19.1 Å². The fourth-order valence-corrected chi connectivity index (χ4v) is 2.54. The van der Waals surface area contributed by atoms with Crippen LogP contribution in [-0.4, -0.2) is 41.7 Å². The highest BCUT2D eigenvalue weighted by Gasteiger charge is 2.21. The molecule has 1 aromatic carbocycles. The average molecular weight is 277 g/mol. The molecule has 1 aliphatic heterocycles. The summed E-state index contributed by atoms with van der Waals surface area (Å²) in [7, 11) is 0. The number of amides is 1. The third kappa shape index (κ3) is 3.73. The van der Waals surface area contributed by atoms with Crippen molar-refractivity contribution in [2.75, 3.05) is 19.7 Å². The molecule has 1 aromatic rings. The second-order valence-electron chi connectivity index (χ2n) is 5.32. The van der Waals surface area contributed by atoms with Crippen LogP contribution < -0.4 is 4.74 Å². The first kappa shape index (κ1) is 14.9. The second kappa shape index (κ2) is 6.75. The van der Waals surface area contributed by atoms with E-state index in [2.05, 4.69) is 0 Å². The van der Waals surface area contributed by atoms with Crippen molar-refractivity contribution in [3.8, 4) is 5.75 Å². The van der Waals surface area contributed by atoms with Gasteiger partial charge in [-0.2, -0.15) is 0 Å². The van der Waals surface area contributed by atoms with Gasteiger partial charge in [0.2, 0.25) is 5.91 Å². The van der Waals surface area contributed by atoms with Crippen LogP contribution in [0, 0.1) is 6.92 Å². The van der Waals surface area contributed by atoms with Gasteiger partial charge in [-0.05, 0) is 43.9 Å². The minimum absolute atomic E-state index is 0.139. The zero-order valence-corrected chi connectivity index (χ0v) is 12.3. The van der Waals surface area contributed by atoms with Crippen molar-refractivity contribution < 1.29 is 14.6 Å². The highest BCUT2D eigenvalue weighted by molar-refractivity contribution is 5.79. The number of hydrogen-bond acceptors (Lipinski definition) is 3. The van der Waals surface area contributed by atoms with E-state index in [-0.39, 0.29) is 12.0 Å². The first-order chi connectivity index (χ1) is 9.60.